The normalized spacial score (nSPS) is 12.4. The number of halogens is 1. The van der Waals surface area contributed by atoms with Crippen LogP contribution in [0.4, 0.5) is 10.1 Å². The molecule has 0 amide bonds. The van der Waals surface area contributed by atoms with Crippen molar-refractivity contribution >= 4 is 5.69 Å². The highest BCUT2D eigenvalue weighted by Gasteiger charge is 2.17. The number of rotatable bonds is 6. The molecule has 0 aromatic heterocycles. The minimum Gasteiger partial charge on any atom is -0.383 e. The highest BCUT2D eigenvalue weighted by Crippen LogP contribution is 2.21. The fourth-order valence-corrected chi connectivity index (χ4v) is 1.54. The Kier molecular flexibility index (Phi) is 4.99. The third-order valence-corrected chi connectivity index (χ3v) is 2.42. The molecule has 1 unspecified atom stereocenters. The Morgan fingerprint density at radius 2 is 2.29 bits per heavy atom. The third kappa shape index (κ3) is 3.76. The molecule has 0 fully saturated rings. The molecule has 1 aromatic rings. The van der Waals surface area contributed by atoms with Crippen LogP contribution in [-0.2, 0) is 11.2 Å². The van der Waals surface area contributed by atoms with Gasteiger partial charge < -0.3 is 10.5 Å². The van der Waals surface area contributed by atoms with Crippen molar-refractivity contribution < 1.29 is 14.1 Å². The molecule has 1 rings (SSSR count). The van der Waals surface area contributed by atoms with Crippen LogP contribution in [0.2, 0.25) is 0 Å². The van der Waals surface area contributed by atoms with Gasteiger partial charge in [-0.2, -0.15) is 4.39 Å². The first-order valence-electron chi connectivity index (χ1n) is 5.22. The molecule has 1 atom stereocenters. The summed E-state index contributed by atoms with van der Waals surface area (Å²) in [5.41, 5.74) is 5.51. The molecule has 0 aliphatic rings. The largest absolute Gasteiger partial charge is 0.383 e. The SMILES string of the molecule is COCC(N)CCc1cccc([N+](=O)[O-])c1F. The van der Waals surface area contributed by atoms with Gasteiger partial charge in [0.25, 0.3) is 0 Å². The zero-order valence-electron chi connectivity index (χ0n) is 9.56. The van der Waals surface area contributed by atoms with Crippen LogP contribution in [0, 0.1) is 15.9 Å². The molecule has 0 bridgehead atoms. The smallest absolute Gasteiger partial charge is 0.305 e. The van der Waals surface area contributed by atoms with Gasteiger partial charge in [-0.1, -0.05) is 12.1 Å². The molecule has 5 nitrogen and oxygen atoms in total. The molecule has 6 heteroatoms. The summed E-state index contributed by atoms with van der Waals surface area (Å²) in [6.07, 6.45) is 0.879. The number of nitrogens with two attached hydrogens (primary N) is 1. The first-order chi connectivity index (χ1) is 8.06. The van der Waals surface area contributed by atoms with Crippen molar-refractivity contribution in [3.8, 4) is 0 Å². The number of nitrogens with zero attached hydrogens (tertiary/aromatic N) is 1. The Morgan fingerprint density at radius 3 is 2.88 bits per heavy atom. The molecule has 1 aromatic carbocycles. The van der Waals surface area contributed by atoms with E-state index in [0.717, 1.165) is 6.07 Å². The summed E-state index contributed by atoms with van der Waals surface area (Å²) in [4.78, 5) is 9.81. The average molecular weight is 242 g/mol. The maximum atomic E-state index is 13.6. The Bertz CT molecular complexity index is 398. The molecule has 17 heavy (non-hydrogen) atoms. The lowest BCUT2D eigenvalue weighted by molar-refractivity contribution is -0.387. The minimum absolute atomic E-state index is 0.196. The summed E-state index contributed by atoms with van der Waals surface area (Å²) in [7, 11) is 1.54. The van der Waals surface area contributed by atoms with E-state index in [1.807, 2.05) is 0 Å². The molecule has 0 aliphatic carbocycles. The van der Waals surface area contributed by atoms with Gasteiger partial charge in [0.05, 0.1) is 11.5 Å². The first-order valence-corrected chi connectivity index (χ1v) is 5.22. The summed E-state index contributed by atoms with van der Waals surface area (Å²) in [5, 5.41) is 10.5. The number of nitro benzene ring substituents is 1. The standard InChI is InChI=1S/C11H15FN2O3/c1-17-7-9(13)6-5-8-3-2-4-10(11(8)12)14(15)16/h2-4,9H,5-7,13H2,1H3. The van der Waals surface area contributed by atoms with Crippen LogP contribution in [0.15, 0.2) is 18.2 Å². The van der Waals surface area contributed by atoms with E-state index in [2.05, 4.69) is 0 Å². The van der Waals surface area contributed by atoms with E-state index in [-0.39, 0.29) is 6.04 Å². The van der Waals surface area contributed by atoms with Gasteiger partial charge in [0.2, 0.25) is 5.82 Å². The van der Waals surface area contributed by atoms with Gasteiger partial charge >= 0.3 is 5.69 Å². The first kappa shape index (κ1) is 13.5. The van der Waals surface area contributed by atoms with Crippen LogP contribution >= 0.6 is 0 Å². The second-order valence-electron chi connectivity index (χ2n) is 3.76. The number of hydrogen-bond acceptors (Lipinski definition) is 4. The van der Waals surface area contributed by atoms with Crippen LogP contribution in [0.25, 0.3) is 0 Å². The molecular formula is C11H15FN2O3. The van der Waals surface area contributed by atoms with E-state index in [1.165, 1.54) is 19.2 Å². The summed E-state index contributed by atoms with van der Waals surface area (Å²) in [6, 6.07) is 3.95. The van der Waals surface area contributed by atoms with Gasteiger partial charge in [0.15, 0.2) is 0 Å². The number of ether oxygens (including phenoxy) is 1. The summed E-state index contributed by atoms with van der Waals surface area (Å²) >= 11 is 0. The lowest BCUT2D eigenvalue weighted by atomic mass is 10.0. The van der Waals surface area contributed by atoms with E-state index in [1.54, 1.807) is 0 Å². The monoisotopic (exact) mass is 242 g/mol. The number of hydrogen-bond donors (Lipinski definition) is 1. The van der Waals surface area contributed by atoms with Gasteiger partial charge in [-0.25, -0.2) is 0 Å². The van der Waals surface area contributed by atoms with Crippen LogP contribution < -0.4 is 5.73 Å². The van der Waals surface area contributed by atoms with Crippen LogP contribution in [0.1, 0.15) is 12.0 Å². The van der Waals surface area contributed by atoms with Gasteiger partial charge in [0, 0.05) is 19.2 Å². The Labute approximate surface area is 98.5 Å². The van der Waals surface area contributed by atoms with E-state index in [4.69, 9.17) is 10.5 Å². The lowest BCUT2D eigenvalue weighted by Crippen LogP contribution is -2.26. The van der Waals surface area contributed by atoms with Crippen molar-refractivity contribution in [3.05, 3.63) is 39.7 Å². The number of nitro groups is 1. The van der Waals surface area contributed by atoms with E-state index in [0.29, 0.717) is 25.0 Å². The lowest BCUT2D eigenvalue weighted by Gasteiger charge is -2.10. The Balaban J connectivity index is 2.72. The number of aryl methyl sites for hydroxylation is 1. The Hall–Kier alpha value is -1.53. The minimum atomic E-state index is -0.776. The van der Waals surface area contributed by atoms with Crippen LogP contribution in [0.5, 0.6) is 0 Å². The molecule has 0 saturated carbocycles. The number of methoxy groups -OCH3 is 1. The van der Waals surface area contributed by atoms with E-state index in [9.17, 15) is 14.5 Å². The molecule has 0 aliphatic heterocycles. The summed E-state index contributed by atoms with van der Waals surface area (Å²) in [6.45, 7) is 0.385. The molecule has 0 spiro atoms. The van der Waals surface area contributed by atoms with E-state index >= 15 is 0 Å². The van der Waals surface area contributed by atoms with Crippen LogP contribution in [-0.4, -0.2) is 24.7 Å². The van der Waals surface area contributed by atoms with Crippen molar-refractivity contribution in [3.63, 3.8) is 0 Å². The molecule has 0 heterocycles. The van der Waals surface area contributed by atoms with Crippen molar-refractivity contribution in [2.75, 3.05) is 13.7 Å². The van der Waals surface area contributed by atoms with Gasteiger partial charge in [-0.05, 0) is 18.4 Å². The predicted octanol–water partition coefficient (Wildman–Crippen LogP) is 1.64. The average Bonchev–Trinajstić information content (AvgIpc) is 2.27. The van der Waals surface area contributed by atoms with Crippen LogP contribution in [0.3, 0.4) is 0 Å². The summed E-state index contributed by atoms with van der Waals surface area (Å²) < 4.78 is 18.5. The second kappa shape index (κ2) is 6.27. The molecule has 2 N–H and O–H groups in total. The summed E-state index contributed by atoms with van der Waals surface area (Å²) in [5.74, 6) is -0.776. The van der Waals surface area contributed by atoms with Gasteiger partial charge in [-0.15, -0.1) is 0 Å². The highest BCUT2D eigenvalue weighted by atomic mass is 19.1. The van der Waals surface area contributed by atoms with E-state index < -0.39 is 16.4 Å². The quantitative estimate of drug-likeness (QED) is 0.607. The zero-order chi connectivity index (χ0) is 12.8. The predicted molar refractivity (Wildman–Crippen MR) is 61.2 cm³/mol. The molecule has 0 radical (unpaired) electrons. The van der Waals surface area contributed by atoms with Gasteiger partial charge in [-0.3, -0.25) is 10.1 Å². The van der Waals surface area contributed by atoms with Crippen molar-refractivity contribution in [1.29, 1.82) is 0 Å². The zero-order valence-corrected chi connectivity index (χ0v) is 9.56. The topological polar surface area (TPSA) is 78.4 Å². The van der Waals surface area contributed by atoms with Crippen molar-refractivity contribution in [2.24, 2.45) is 5.73 Å². The Morgan fingerprint density at radius 1 is 1.59 bits per heavy atom. The molecule has 94 valence electrons. The van der Waals surface area contributed by atoms with Crippen molar-refractivity contribution in [2.45, 2.75) is 18.9 Å². The third-order valence-electron chi connectivity index (χ3n) is 2.42. The highest BCUT2D eigenvalue weighted by molar-refractivity contribution is 5.36. The molecular weight excluding hydrogens is 227 g/mol. The molecule has 0 saturated heterocycles. The maximum Gasteiger partial charge on any atom is 0.305 e. The number of benzene rings is 1. The van der Waals surface area contributed by atoms with Crippen molar-refractivity contribution in [1.82, 2.24) is 0 Å². The van der Waals surface area contributed by atoms with Gasteiger partial charge in [0.1, 0.15) is 0 Å². The maximum absolute atomic E-state index is 13.6. The second-order valence-corrected chi connectivity index (χ2v) is 3.76. The fraction of sp³-hybridized carbons (Fsp3) is 0.455. The fourth-order valence-electron chi connectivity index (χ4n) is 1.54.